The van der Waals surface area contributed by atoms with Crippen LogP contribution in [0.1, 0.15) is 20.8 Å². The normalized spacial score (nSPS) is 12.6. The molecule has 0 aromatic heterocycles. The zero-order valence-electron chi connectivity index (χ0n) is 5.03. The van der Waals surface area contributed by atoms with Crippen molar-refractivity contribution >= 4 is 0 Å². The Hall–Kier alpha value is 0.690. The minimum absolute atomic E-state index is 0.349. The molecule has 0 amide bonds. The molecule has 0 heterocycles. The first-order valence-corrected chi connectivity index (χ1v) is 4.78. The van der Waals surface area contributed by atoms with Gasteiger partial charge in [0.2, 0.25) is 0 Å². The Morgan fingerprint density at radius 2 is 1.86 bits per heavy atom. The van der Waals surface area contributed by atoms with E-state index in [1.54, 1.807) is 0 Å². The molecule has 0 aromatic rings. The van der Waals surface area contributed by atoms with Crippen molar-refractivity contribution in [2.45, 2.75) is 20.8 Å². The van der Waals surface area contributed by atoms with Gasteiger partial charge in [0.15, 0.2) is 0 Å². The Kier molecular flexibility index (Phi) is 3.15. The Morgan fingerprint density at radius 3 is 1.86 bits per heavy atom. The van der Waals surface area contributed by atoms with E-state index in [9.17, 15) is 0 Å². The molecule has 2 heteroatoms. The fourth-order valence-electron chi connectivity index (χ4n) is 0.179. The summed E-state index contributed by atoms with van der Waals surface area (Å²) < 4.78 is 9.52. The van der Waals surface area contributed by atoms with E-state index in [2.05, 4.69) is 20.8 Å². The second kappa shape index (κ2) is 2.87. The Morgan fingerprint density at radius 1 is 1.43 bits per heavy atom. The van der Waals surface area contributed by atoms with Gasteiger partial charge in [-0.25, -0.2) is 0 Å². The third-order valence-electron chi connectivity index (χ3n) is 0.461. The van der Waals surface area contributed by atoms with Crippen molar-refractivity contribution in [3.05, 3.63) is 0 Å². The first-order valence-electron chi connectivity index (χ1n) is 2.29. The van der Waals surface area contributed by atoms with E-state index in [4.69, 9.17) is 3.44 Å². The number of hydrogen-bond acceptors (Lipinski definition) is 1. The van der Waals surface area contributed by atoms with Gasteiger partial charge < -0.3 is 0 Å². The van der Waals surface area contributed by atoms with Gasteiger partial charge in [0.1, 0.15) is 0 Å². The quantitative estimate of drug-likeness (QED) is 0.397. The monoisotopic (exact) mass is 215 g/mol. The van der Waals surface area contributed by atoms with Crippen molar-refractivity contribution in [1.82, 2.24) is 0 Å². The van der Waals surface area contributed by atoms with Crippen molar-refractivity contribution in [2.24, 2.45) is 5.41 Å². The van der Waals surface area contributed by atoms with Crippen molar-refractivity contribution < 1.29 is 25.1 Å². The van der Waals surface area contributed by atoms with Crippen LogP contribution in [0.4, 0.5) is 0 Å². The molecule has 1 nitrogen and oxygen atoms in total. The van der Waals surface area contributed by atoms with Crippen LogP contribution >= 0.6 is 0 Å². The summed E-state index contributed by atoms with van der Waals surface area (Å²) in [7, 11) is 0. The fourth-order valence-corrected chi connectivity index (χ4v) is 1.20. The first-order chi connectivity index (χ1) is 3.06. The molecule has 0 saturated carbocycles. The van der Waals surface area contributed by atoms with Gasteiger partial charge in [-0.2, -0.15) is 0 Å². The Bertz CT molecular complexity index is 46.5. The first kappa shape index (κ1) is 7.69. The number of hydrogen-bond donors (Lipinski definition) is 1. The zero-order valence-corrected chi connectivity index (χ0v) is 7.19. The second-order valence-corrected chi connectivity index (χ2v) is 4.26. The van der Waals surface area contributed by atoms with Crippen molar-refractivity contribution in [2.75, 3.05) is 4.43 Å². The molecule has 0 rings (SSSR count). The van der Waals surface area contributed by atoms with Crippen LogP contribution in [-0.2, 0) is 0 Å². The molecule has 0 unspecified atom stereocenters. The number of rotatable bonds is 1. The van der Waals surface area contributed by atoms with E-state index in [0.717, 1.165) is 4.43 Å². The average Bonchev–Trinajstić information content (AvgIpc) is 1.30. The molecule has 0 radical (unpaired) electrons. The molecule has 0 aromatic carbocycles. The van der Waals surface area contributed by atoms with Gasteiger partial charge in [-0.15, -0.1) is 0 Å². The molecule has 0 saturated heterocycles. The minimum atomic E-state index is -0.482. The number of halogens is 1. The number of alkyl halides is 1. The SMILES string of the molecule is CC(C)(C)C[I-]O. The molecule has 7 heavy (non-hydrogen) atoms. The second-order valence-electron chi connectivity index (χ2n) is 2.81. The molecule has 46 valence electrons. The standard InChI is InChI=1S/C5H12IO/c1-5(2,3)4-6-7/h7H,4H2,1-3H3/q-1. The van der Waals surface area contributed by atoms with E-state index < -0.39 is 21.6 Å². The van der Waals surface area contributed by atoms with Crippen LogP contribution in [0.3, 0.4) is 0 Å². The van der Waals surface area contributed by atoms with Crippen LogP contribution in [0, 0.1) is 5.41 Å². The molecule has 0 bridgehead atoms. The van der Waals surface area contributed by atoms with Gasteiger partial charge >= 0.3 is 55.7 Å². The topological polar surface area (TPSA) is 20.2 Å². The molecule has 0 aliphatic carbocycles. The maximum atomic E-state index is 8.51. The van der Waals surface area contributed by atoms with Gasteiger partial charge in [-0.3, -0.25) is 0 Å². The summed E-state index contributed by atoms with van der Waals surface area (Å²) >= 11 is -0.482. The Labute approximate surface area is 55.9 Å². The van der Waals surface area contributed by atoms with Crippen molar-refractivity contribution in [3.8, 4) is 0 Å². The summed E-state index contributed by atoms with van der Waals surface area (Å²) in [5, 5.41) is 0. The van der Waals surface area contributed by atoms with Crippen molar-refractivity contribution in [1.29, 1.82) is 0 Å². The van der Waals surface area contributed by atoms with Crippen LogP contribution in [0.15, 0.2) is 0 Å². The molecular formula is C5H12IO-. The summed E-state index contributed by atoms with van der Waals surface area (Å²) in [5.74, 6) is 0. The summed E-state index contributed by atoms with van der Waals surface area (Å²) in [5.41, 5.74) is 0.349. The van der Waals surface area contributed by atoms with E-state index in [1.807, 2.05) is 0 Å². The van der Waals surface area contributed by atoms with Crippen LogP contribution in [0.25, 0.3) is 0 Å². The van der Waals surface area contributed by atoms with Gasteiger partial charge in [0.25, 0.3) is 0 Å². The summed E-state index contributed by atoms with van der Waals surface area (Å²) in [4.78, 5) is 0. The zero-order chi connectivity index (χ0) is 5.91. The maximum absolute atomic E-state index is 8.51. The molecule has 0 aliphatic heterocycles. The van der Waals surface area contributed by atoms with Crippen molar-refractivity contribution in [3.63, 3.8) is 0 Å². The molecular weight excluding hydrogens is 203 g/mol. The van der Waals surface area contributed by atoms with E-state index in [-0.39, 0.29) is 0 Å². The summed E-state index contributed by atoms with van der Waals surface area (Å²) in [6.07, 6.45) is 0. The van der Waals surface area contributed by atoms with Crippen LogP contribution in [0.2, 0.25) is 0 Å². The Balaban J connectivity index is 3.15. The van der Waals surface area contributed by atoms with E-state index in [0.29, 0.717) is 5.41 Å². The molecule has 0 fully saturated rings. The predicted octanol–water partition coefficient (Wildman–Crippen LogP) is -1.97. The third kappa shape index (κ3) is 6.69. The predicted molar refractivity (Wildman–Crippen MR) is 26.5 cm³/mol. The molecule has 0 atom stereocenters. The summed E-state index contributed by atoms with van der Waals surface area (Å²) in [6, 6.07) is 0. The van der Waals surface area contributed by atoms with Gasteiger partial charge in [0.05, 0.1) is 0 Å². The van der Waals surface area contributed by atoms with Gasteiger partial charge in [-0.05, 0) is 0 Å². The van der Waals surface area contributed by atoms with Crippen LogP contribution < -0.4 is 21.6 Å². The van der Waals surface area contributed by atoms with Crippen LogP contribution in [-0.4, -0.2) is 7.86 Å². The molecule has 1 N–H and O–H groups in total. The van der Waals surface area contributed by atoms with E-state index >= 15 is 0 Å². The average molecular weight is 215 g/mol. The fraction of sp³-hybridized carbons (Fsp3) is 1.00. The molecule has 0 spiro atoms. The molecule has 0 aliphatic rings. The van der Waals surface area contributed by atoms with Gasteiger partial charge in [0, 0.05) is 0 Å². The van der Waals surface area contributed by atoms with Gasteiger partial charge in [-0.1, -0.05) is 0 Å². The van der Waals surface area contributed by atoms with Crippen LogP contribution in [0.5, 0.6) is 0 Å². The summed E-state index contributed by atoms with van der Waals surface area (Å²) in [6.45, 7) is 6.43. The van der Waals surface area contributed by atoms with E-state index in [1.165, 1.54) is 0 Å². The third-order valence-corrected chi connectivity index (χ3v) is 3.09.